The molecule has 1 amide bonds. The predicted molar refractivity (Wildman–Crippen MR) is 128 cm³/mol. The number of aromatic nitrogens is 2. The summed E-state index contributed by atoms with van der Waals surface area (Å²) >= 11 is 12.7. The number of amides is 1. The maximum absolute atomic E-state index is 13.6. The van der Waals surface area contributed by atoms with E-state index in [0.29, 0.717) is 33.4 Å². The number of benzene rings is 2. The van der Waals surface area contributed by atoms with Gasteiger partial charge in [0.15, 0.2) is 0 Å². The maximum Gasteiger partial charge on any atom is 0.226 e. The fourth-order valence-electron chi connectivity index (χ4n) is 6.15. The van der Waals surface area contributed by atoms with Crippen LogP contribution in [-0.2, 0) is 11.3 Å². The summed E-state index contributed by atoms with van der Waals surface area (Å²) < 4.78 is 2.06. The highest BCUT2D eigenvalue weighted by atomic mass is 35.5. The van der Waals surface area contributed by atoms with E-state index in [0.717, 1.165) is 55.2 Å². The monoisotopic (exact) mass is 478 g/mol. The fourth-order valence-corrected chi connectivity index (χ4v) is 6.58. The van der Waals surface area contributed by atoms with E-state index >= 15 is 0 Å². The number of carbonyl (C=O) groups excluding carboxylic acids is 1. The van der Waals surface area contributed by atoms with Gasteiger partial charge in [0.1, 0.15) is 0 Å². The SMILES string of the molecule is N#Cc1ccc2c(cnn2C[C@@H]2C[C@H](C(=O)N3CCC3c3cccc(Cl)c3Cl)C3CC2C3)c1. The molecule has 2 bridgehead atoms. The molecule has 3 atom stereocenters. The van der Waals surface area contributed by atoms with E-state index in [2.05, 4.69) is 15.8 Å². The molecular formula is C26H24Cl2N4O. The molecule has 168 valence electrons. The van der Waals surface area contributed by atoms with E-state index in [-0.39, 0.29) is 17.9 Å². The average Bonchev–Trinajstić information content (AvgIpc) is 3.17. The summed E-state index contributed by atoms with van der Waals surface area (Å²) in [5, 5.41) is 15.9. The molecule has 33 heavy (non-hydrogen) atoms. The number of hydrogen-bond donors (Lipinski definition) is 0. The van der Waals surface area contributed by atoms with Gasteiger partial charge >= 0.3 is 0 Å². The molecular weight excluding hydrogens is 455 g/mol. The smallest absolute Gasteiger partial charge is 0.226 e. The average molecular weight is 479 g/mol. The number of nitrogens with zero attached hydrogens (tertiary/aromatic N) is 4. The van der Waals surface area contributed by atoms with E-state index in [1.54, 1.807) is 6.07 Å². The highest BCUT2D eigenvalue weighted by molar-refractivity contribution is 6.42. The fraction of sp³-hybridized carbons (Fsp3) is 0.423. The van der Waals surface area contributed by atoms with E-state index < -0.39 is 0 Å². The summed E-state index contributed by atoms with van der Waals surface area (Å²) in [4.78, 5) is 15.6. The van der Waals surface area contributed by atoms with Crippen LogP contribution in [0.3, 0.4) is 0 Å². The zero-order valence-electron chi connectivity index (χ0n) is 18.1. The Morgan fingerprint density at radius 1 is 1.15 bits per heavy atom. The summed E-state index contributed by atoms with van der Waals surface area (Å²) in [5.41, 5.74) is 2.66. The zero-order valence-corrected chi connectivity index (χ0v) is 19.6. The summed E-state index contributed by atoms with van der Waals surface area (Å²) in [5.74, 6) is 1.97. The Balaban J connectivity index is 1.19. The van der Waals surface area contributed by atoms with Crippen molar-refractivity contribution in [3.63, 3.8) is 0 Å². The molecule has 7 rings (SSSR count). The lowest BCUT2D eigenvalue weighted by atomic mass is 9.55. The van der Waals surface area contributed by atoms with Crippen LogP contribution in [0, 0.1) is 35.0 Å². The minimum Gasteiger partial charge on any atom is -0.335 e. The first kappa shape index (κ1) is 21.0. The van der Waals surface area contributed by atoms with Crippen molar-refractivity contribution in [2.45, 2.75) is 38.3 Å². The van der Waals surface area contributed by atoms with Crippen LogP contribution in [0.2, 0.25) is 10.0 Å². The number of halogens is 2. The second kappa shape index (κ2) is 8.04. The molecule has 3 aliphatic carbocycles. The molecule has 0 N–H and O–H groups in total. The van der Waals surface area contributed by atoms with Gasteiger partial charge in [-0.2, -0.15) is 10.4 Å². The lowest BCUT2D eigenvalue weighted by molar-refractivity contribution is -0.154. The normalized spacial score (nSPS) is 28.2. The largest absolute Gasteiger partial charge is 0.335 e. The molecule has 2 aromatic carbocycles. The van der Waals surface area contributed by atoms with Crippen molar-refractivity contribution in [3.05, 3.63) is 63.8 Å². The molecule has 4 fully saturated rings. The van der Waals surface area contributed by atoms with Gasteiger partial charge in [-0.1, -0.05) is 35.3 Å². The van der Waals surface area contributed by atoms with Gasteiger partial charge in [0.05, 0.1) is 39.4 Å². The van der Waals surface area contributed by atoms with Crippen LogP contribution in [0.25, 0.3) is 10.9 Å². The van der Waals surface area contributed by atoms with Gasteiger partial charge in [0.25, 0.3) is 0 Å². The summed E-state index contributed by atoms with van der Waals surface area (Å²) in [6.45, 7) is 1.61. The van der Waals surface area contributed by atoms with Gasteiger partial charge in [0.2, 0.25) is 5.91 Å². The maximum atomic E-state index is 13.6. The Kier molecular flexibility index (Phi) is 5.12. The number of likely N-dealkylation sites (tertiary alicyclic amines) is 1. The zero-order chi connectivity index (χ0) is 22.7. The molecule has 1 aliphatic heterocycles. The van der Waals surface area contributed by atoms with E-state index in [1.165, 1.54) is 0 Å². The summed E-state index contributed by atoms with van der Waals surface area (Å²) in [6.07, 6.45) is 5.95. The van der Waals surface area contributed by atoms with E-state index in [9.17, 15) is 4.79 Å². The van der Waals surface area contributed by atoms with Crippen LogP contribution in [0.15, 0.2) is 42.6 Å². The Morgan fingerprint density at radius 2 is 2.00 bits per heavy atom. The van der Waals surface area contributed by atoms with Crippen molar-refractivity contribution in [1.29, 1.82) is 5.26 Å². The first-order valence-electron chi connectivity index (χ1n) is 11.6. The van der Waals surface area contributed by atoms with E-state index in [4.69, 9.17) is 28.5 Å². The third-order valence-electron chi connectivity index (χ3n) is 8.14. The second-order valence-corrected chi connectivity index (χ2v) is 10.6. The number of nitriles is 1. The second-order valence-electron chi connectivity index (χ2n) is 9.79. The van der Waals surface area contributed by atoms with Crippen molar-refractivity contribution in [2.24, 2.45) is 23.7 Å². The number of hydrogen-bond acceptors (Lipinski definition) is 3. The minimum atomic E-state index is 0.0318. The number of rotatable bonds is 4. The van der Waals surface area contributed by atoms with E-state index in [1.807, 2.05) is 41.4 Å². The quantitative estimate of drug-likeness (QED) is 0.472. The van der Waals surface area contributed by atoms with Gasteiger partial charge < -0.3 is 4.90 Å². The van der Waals surface area contributed by atoms with Gasteiger partial charge in [-0.3, -0.25) is 9.48 Å². The van der Waals surface area contributed by atoms with Crippen molar-refractivity contribution < 1.29 is 4.79 Å². The van der Waals surface area contributed by atoms with Crippen LogP contribution in [0.1, 0.15) is 42.9 Å². The predicted octanol–water partition coefficient (Wildman–Crippen LogP) is 5.85. The third kappa shape index (κ3) is 3.43. The van der Waals surface area contributed by atoms with Crippen molar-refractivity contribution >= 4 is 40.0 Å². The Hall–Kier alpha value is -2.55. The molecule has 3 saturated carbocycles. The van der Waals surface area contributed by atoms with Gasteiger partial charge in [-0.15, -0.1) is 0 Å². The van der Waals surface area contributed by atoms with Crippen molar-refractivity contribution in [2.75, 3.05) is 6.54 Å². The van der Waals surface area contributed by atoms with Crippen molar-refractivity contribution in [3.8, 4) is 6.07 Å². The molecule has 1 saturated heterocycles. The lowest BCUT2D eigenvalue weighted by Gasteiger charge is -2.53. The molecule has 3 aromatic rings. The first-order chi connectivity index (χ1) is 16.0. The van der Waals surface area contributed by atoms with Crippen LogP contribution < -0.4 is 0 Å². The van der Waals surface area contributed by atoms with Gasteiger partial charge in [0, 0.05) is 24.4 Å². The molecule has 5 nitrogen and oxygen atoms in total. The molecule has 4 aliphatic rings. The van der Waals surface area contributed by atoms with Crippen LogP contribution >= 0.6 is 23.2 Å². The Labute approximate surface area is 202 Å². The lowest BCUT2D eigenvalue weighted by Crippen LogP contribution is -2.54. The molecule has 1 aromatic heterocycles. The number of fused-ring (bicyclic) bond motifs is 3. The highest BCUT2D eigenvalue weighted by Gasteiger charge is 2.51. The summed E-state index contributed by atoms with van der Waals surface area (Å²) in [6, 6.07) is 13.6. The minimum absolute atomic E-state index is 0.0318. The van der Waals surface area contributed by atoms with Crippen LogP contribution in [0.4, 0.5) is 0 Å². The standard InChI is InChI=1S/C26H24Cl2N4O/c27-22-3-1-2-20(25(22)28)24-6-7-31(24)26(33)21-11-19(16-9-17(21)10-16)14-32-23-5-4-15(12-29)8-18(23)13-30-32/h1-5,8,13,16-17,19,21,24H,6-7,9-11,14H2/t16?,17?,19-,21-,24?/m0/s1. The molecule has 2 heterocycles. The molecule has 1 unspecified atom stereocenters. The number of carbonyl (C=O) groups is 1. The van der Waals surface area contributed by atoms with Crippen LogP contribution in [-0.4, -0.2) is 27.1 Å². The van der Waals surface area contributed by atoms with Crippen molar-refractivity contribution in [1.82, 2.24) is 14.7 Å². The molecule has 7 heteroatoms. The molecule has 0 radical (unpaired) electrons. The Morgan fingerprint density at radius 3 is 2.76 bits per heavy atom. The van der Waals surface area contributed by atoms with Gasteiger partial charge in [-0.05, 0) is 73.3 Å². The van der Waals surface area contributed by atoms with Gasteiger partial charge in [-0.25, -0.2) is 0 Å². The summed E-state index contributed by atoms with van der Waals surface area (Å²) in [7, 11) is 0. The highest BCUT2D eigenvalue weighted by Crippen LogP contribution is 2.54. The topological polar surface area (TPSA) is 61.9 Å². The molecule has 0 spiro atoms. The third-order valence-corrected chi connectivity index (χ3v) is 8.98. The first-order valence-corrected chi connectivity index (χ1v) is 12.4. The van der Waals surface area contributed by atoms with Crippen LogP contribution in [0.5, 0.6) is 0 Å². The Bertz CT molecular complexity index is 1290.